The molecule has 3 aromatic carbocycles. The number of nitrogens with one attached hydrogen (secondary N) is 1. The van der Waals surface area contributed by atoms with E-state index in [9.17, 15) is 4.79 Å². The van der Waals surface area contributed by atoms with Crippen molar-refractivity contribution in [2.45, 2.75) is 31.8 Å². The molecule has 0 unspecified atom stereocenters. The van der Waals surface area contributed by atoms with E-state index in [1.165, 1.54) is 0 Å². The Morgan fingerprint density at radius 3 is 2.50 bits per heavy atom. The first kappa shape index (κ1) is 23.3. The summed E-state index contributed by atoms with van der Waals surface area (Å²) in [6, 6.07) is 25.3. The Labute approximate surface area is 200 Å². The number of carbonyl (C=O) groups excluding carboxylic acids is 1. The van der Waals surface area contributed by atoms with Gasteiger partial charge in [0.15, 0.2) is 11.5 Å². The van der Waals surface area contributed by atoms with E-state index >= 15 is 0 Å². The van der Waals surface area contributed by atoms with E-state index in [1.54, 1.807) is 25.3 Å². The summed E-state index contributed by atoms with van der Waals surface area (Å²) in [7, 11) is 1.56. The molecule has 1 N–H and O–H groups in total. The molecule has 0 aromatic heterocycles. The van der Waals surface area contributed by atoms with Crippen LogP contribution in [0, 0.1) is 11.3 Å². The number of carbonyl (C=O) groups is 1. The van der Waals surface area contributed by atoms with Crippen molar-refractivity contribution >= 4 is 5.91 Å². The predicted octanol–water partition coefficient (Wildman–Crippen LogP) is 4.68. The van der Waals surface area contributed by atoms with Crippen molar-refractivity contribution in [1.29, 1.82) is 5.26 Å². The molecule has 1 amide bonds. The number of hydrogen-bond acceptors (Lipinski definition) is 5. The third-order valence-electron chi connectivity index (χ3n) is 5.99. The van der Waals surface area contributed by atoms with Crippen LogP contribution in [-0.4, -0.2) is 37.0 Å². The summed E-state index contributed by atoms with van der Waals surface area (Å²) in [6.45, 7) is 2.70. The molecule has 0 radical (unpaired) electrons. The van der Waals surface area contributed by atoms with Gasteiger partial charge in [-0.1, -0.05) is 42.5 Å². The molecule has 34 heavy (non-hydrogen) atoms. The van der Waals surface area contributed by atoms with Crippen LogP contribution in [0.2, 0.25) is 0 Å². The van der Waals surface area contributed by atoms with Gasteiger partial charge >= 0.3 is 0 Å². The first-order valence-corrected chi connectivity index (χ1v) is 11.5. The Balaban J connectivity index is 1.28. The van der Waals surface area contributed by atoms with Crippen LogP contribution in [-0.2, 0) is 17.8 Å². The van der Waals surface area contributed by atoms with Crippen LogP contribution < -0.4 is 14.8 Å². The number of rotatable bonds is 8. The van der Waals surface area contributed by atoms with E-state index in [0.29, 0.717) is 23.5 Å². The molecule has 0 atom stereocenters. The summed E-state index contributed by atoms with van der Waals surface area (Å²) in [6.07, 6.45) is 2.32. The summed E-state index contributed by atoms with van der Waals surface area (Å²) in [5.74, 6) is 1.92. The van der Waals surface area contributed by atoms with Gasteiger partial charge < -0.3 is 14.8 Å². The fourth-order valence-electron chi connectivity index (χ4n) is 4.21. The first-order chi connectivity index (χ1) is 16.6. The standard InChI is InChI=1S/C28H29N3O3/c1-33-27-17-22(19-29)10-11-26(27)34-25-9-5-8-23(16-25)20-31-14-12-24(13-15-31)30-28(32)18-21-6-3-2-4-7-21/h2-11,16-17,24H,12-15,18,20H2,1H3,(H,30,32). The molecule has 0 aliphatic carbocycles. The van der Waals surface area contributed by atoms with Gasteiger partial charge in [0, 0.05) is 31.7 Å². The maximum atomic E-state index is 12.4. The molecule has 174 valence electrons. The van der Waals surface area contributed by atoms with Crippen LogP contribution in [0.15, 0.2) is 72.8 Å². The average molecular weight is 456 g/mol. The van der Waals surface area contributed by atoms with E-state index in [2.05, 4.69) is 22.4 Å². The van der Waals surface area contributed by atoms with E-state index in [1.807, 2.05) is 48.5 Å². The quantitative estimate of drug-likeness (QED) is 0.534. The fourth-order valence-corrected chi connectivity index (χ4v) is 4.21. The molecule has 1 aliphatic rings. The monoisotopic (exact) mass is 455 g/mol. The molecule has 1 saturated heterocycles. The third-order valence-corrected chi connectivity index (χ3v) is 5.99. The number of nitriles is 1. The molecular formula is C28H29N3O3. The average Bonchev–Trinajstić information content (AvgIpc) is 2.86. The van der Waals surface area contributed by atoms with Crippen molar-refractivity contribution in [3.63, 3.8) is 0 Å². The Bertz CT molecular complexity index is 1150. The minimum atomic E-state index is 0.0905. The zero-order valence-electron chi connectivity index (χ0n) is 19.4. The molecule has 0 bridgehead atoms. The number of amides is 1. The van der Waals surface area contributed by atoms with Gasteiger partial charge in [0.2, 0.25) is 5.91 Å². The summed E-state index contributed by atoms with van der Waals surface area (Å²) in [5, 5.41) is 12.3. The Morgan fingerprint density at radius 1 is 1.00 bits per heavy atom. The maximum Gasteiger partial charge on any atom is 0.224 e. The molecular weight excluding hydrogens is 426 g/mol. The van der Waals surface area contributed by atoms with Crippen molar-refractivity contribution in [1.82, 2.24) is 10.2 Å². The van der Waals surface area contributed by atoms with Crippen LogP contribution in [0.25, 0.3) is 0 Å². The molecule has 4 rings (SSSR count). The second-order valence-electron chi connectivity index (χ2n) is 8.51. The lowest BCUT2D eigenvalue weighted by atomic mass is 10.0. The van der Waals surface area contributed by atoms with E-state index < -0.39 is 0 Å². The van der Waals surface area contributed by atoms with Gasteiger partial charge in [-0.15, -0.1) is 0 Å². The van der Waals surface area contributed by atoms with Gasteiger partial charge in [0.05, 0.1) is 25.2 Å². The lowest BCUT2D eigenvalue weighted by molar-refractivity contribution is -0.121. The topological polar surface area (TPSA) is 74.6 Å². The van der Waals surface area contributed by atoms with Gasteiger partial charge in [-0.25, -0.2) is 0 Å². The first-order valence-electron chi connectivity index (χ1n) is 11.5. The Hall–Kier alpha value is -3.82. The Morgan fingerprint density at radius 2 is 1.76 bits per heavy atom. The molecule has 6 nitrogen and oxygen atoms in total. The van der Waals surface area contributed by atoms with Crippen LogP contribution in [0.3, 0.4) is 0 Å². The zero-order chi connectivity index (χ0) is 23.8. The van der Waals surface area contributed by atoms with Gasteiger partial charge in [-0.05, 0) is 48.2 Å². The number of piperidine rings is 1. The van der Waals surface area contributed by atoms with Gasteiger partial charge in [0.1, 0.15) is 5.75 Å². The van der Waals surface area contributed by atoms with Gasteiger partial charge in [0.25, 0.3) is 0 Å². The Kier molecular flexibility index (Phi) is 7.79. The maximum absolute atomic E-state index is 12.4. The van der Waals surface area contributed by atoms with Gasteiger partial charge in [-0.3, -0.25) is 9.69 Å². The van der Waals surface area contributed by atoms with E-state index in [0.717, 1.165) is 49.4 Å². The SMILES string of the molecule is COc1cc(C#N)ccc1Oc1cccc(CN2CCC(NC(=O)Cc3ccccc3)CC2)c1. The lowest BCUT2D eigenvalue weighted by Crippen LogP contribution is -2.44. The highest BCUT2D eigenvalue weighted by Gasteiger charge is 2.21. The zero-order valence-corrected chi connectivity index (χ0v) is 19.4. The van der Waals surface area contributed by atoms with E-state index in [-0.39, 0.29) is 11.9 Å². The second kappa shape index (κ2) is 11.4. The highest BCUT2D eigenvalue weighted by molar-refractivity contribution is 5.78. The molecule has 0 spiro atoms. The molecule has 1 heterocycles. The van der Waals surface area contributed by atoms with Crippen molar-refractivity contribution in [3.05, 3.63) is 89.5 Å². The number of likely N-dealkylation sites (tertiary alicyclic amines) is 1. The molecule has 6 heteroatoms. The van der Waals surface area contributed by atoms with Crippen LogP contribution >= 0.6 is 0 Å². The molecule has 1 fully saturated rings. The van der Waals surface area contributed by atoms with Crippen molar-refractivity contribution < 1.29 is 14.3 Å². The molecule has 3 aromatic rings. The normalized spacial score (nSPS) is 14.2. The minimum absolute atomic E-state index is 0.0905. The second-order valence-corrected chi connectivity index (χ2v) is 8.51. The number of nitrogens with zero attached hydrogens (tertiary/aromatic N) is 2. The highest BCUT2D eigenvalue weighted by atomic mass is 16.5. The smallest absolute Gasteiger partial charge is 0.224 e. The molecule has 1 aliphatic heterocycles. The fraction of sp³-hybridized carbons (Fsp3) is 0.286. The summed E-state index contributed by atoms with van der Waals surface area (Å²) >= 11 is 0. The van der Waals surface area contributed by atoms with Crippen LogP contribution in [0.4, 0.5) is 0 Å². The summed E-state index contributed by atoms with van der Waals surface area (Å²) in [5.41, 5.74) is 2.73. The largest absolute Gasteiger partial charge is 0.493 e. The van der Waals surface area contributed by atoms with Crippen molar-refractivity contribution in [2.75, 3.05) is 20.2 Å². The van der Waals surface area contributed by atoms with E-state index in [4.69, 9.17) is 14.7 Å². The van der Waals surface area contributed by atoms with Crippen LogP contribution in [0.5, 0.6) is 17.2 Å². The van der Waals surface area contributed by atoms with Crippen molar-refractivity contribution in [3.8, 4) is 23.3 Å². The highest BCUT2D eigenvalue weighted by Crippen LogP contribution is 2.32. The lowest BCUT2D eigenvalue weighted by Gasteiger charge is -2.32. The summed E-state index contributed by atoms with van der Waals surface area (Å²) < 4.78 is 11.4. The number of ether oxygens (including phenoxy) is 2. The van der Waals surface area contributed by atoms with Gasteiger partial charge in [-0.2, -0.15) is 5.26 Å². The predicted molar refractivity (Wildman–Crippen MR) is 131 cm³/mol. The number of hydrogen-bond donors (Lipinski definition) is 1. The van der Waals surface area contributed by atoms with Crippen LogP contribution in [0.1, 0.15) is 29.5 Å². The minimum Gasteiger partial charge on any atom is -0.493 e. The number of benzene rings is 3. The summed E-state index contributed by atoms with van der Waals surface area (Å²) in [4.78, 5) is 14.8. The van der Waals surface area contributed by atoms with Crippen molar-refractivity contribution in [2.24, 2.45) is 0 Å². The third kappa shape index (κ3) is 6.37. The molecule has 0 saturated carbocycles. The number of methoxy groups -OCH3 is 1.